The molecule has 2 aromatic heterocycles. The van der Waals surface area contributed by atoms with Crippen LogP contribution in [0.25, 0.3) is 0 Å². The molecule has 0 aliphatic heterocycles. The summed E-state index contributed by atoms with van der Waals surface area (Å²) in [5.41, 5.74) is 2.70. The molecule has 0 saturated carbocycles. The number of nitrogens with zero attached hydrogens (tertiary/aromatic N) is 1. The van der Waals surface area contributed by atoms with Crippen LogP contribution in [-0.4, -0.2) is 21.1 Å². The van der Waals surface area contributed by atoms with E-state index in [0.29, 0.717) is 11.4 Å². The fraction of sp³-hybridized carbons (Fsp3) is 0.400. The average Bonchev–Trinajstić information content (AvgIpc) is 2.78. The van der Waals surface area contributed by atoms with Gasteiger partial charge in [0.05, 0.1) is 0 Å². The summed E-state index contributed by atoms with van der Waals surface area (Å²) in [6, 6.07) is 2.99. The first-order valence-electron chi connectivity index (χ1n) is 7.01. The first kappa shape index (κ1) is 15.0. The molecule has 6 heteroatoms. The van der Waals surface area contributed by atoms with E-state index < -0.39 is 0 Å². The number of aryl methyl sites for hydroxylation is 1. The molecule has 0 fully saturated rings. The van der Waals surface area contributed by atoms with Crippen molar-refractivity contribution >= 4 is 11.7 Å². The van der Waals surface area contributed by atoms with Crippen molar-refractivity contribution < 1.29 is 4.79 Å². The van der Waals surface area contributed by atoms with Crippen molar-refractivity contribution in [3.63, 3.8) is 0 Å². The third kappa shape index (κ3) is 3.21. The molecule has 0 radical (unpaired) electrons. The number of carbonyl (C=O) groups excluding carboxylic acids is 1. The number of hydrogen-bond acceptors (Lipinski definition) is 3. The van der Waals surface area contributed by atoms with Gasteiger partial charge in [0.1, 0.15) is 0 Å². The number of H-pyrrole nitrogens is 2. The maximum atomic E-state index is 12.3. The van der Waals surface area contributed by atoms with Crippen molar-refractivity contribution in [3.8, 4) is 0 Å². The summed E-state index contributed by atoms with van der Waals surface area (Å²) in [4.78, 5) is 26.6. The first-order chi connectivity index (χ1) is 9.92. The van der Waals surface area contributed by atoms with Gasteiger partial charge in [-0.2, -0.15) is 5.10 Å². The van der Waals surface area contributed by atoms with E-state index in [2.05, 4.69) is 20.5 Å². The smallest absolute Gasteiger partial charge is 0.257 e. The number of amides is 1. The molecule has 0 aliphatic rings. The van der Waals surface area contributed by atoms with Gasteiger partial charge in [-0.3, -0.25) is 14.7 Å². The monoisotopic (exact) mass is 288 g/mol. The van der Waals surface area contributed by atoms with Gasteiger partial charge in [0.25, 0.3) is 5.91 Å². The second-order valence-electron chi connectivity index (χ2n) is 5.33. The number of pyridine rings is 1. The maximum Gasteiger partial charge on any atom is 0.257 e. The van der Waals surface area contributed by atoms with Gasteiger partial charge in [-0.15, -0.1) is 0 Å². The molecule has 0 atom stereocenters. The van der Waals surface area contributed by atoms with Gasteiger partial charge in [-0.25, -0.2) is 0 Å². The van der Waals surface area contributed by atoms with Crippen molar-refractivity contribution in [2.24, 2.45) is 0 Å². The van der Waals surface area contributed by atoms with Gasteiger partial charge < -0.3 is 10.3 Å². The lowest BCUT2D eigenvalue weighted by Crippen LogP contribution is -2.18. The standard InChI is InChI=1S/C15H20N4O2/c1-5-11-9(4)14(19-18-11)17-15(21)10-6-12(8(2)3)16-13(20)7-10/h6-8H,5H2,1-4H3,(H,16,20)(H2,17,18,19,21). The van der Waals surface area contributed by atoms with Crippen LogP contribution in [0.1, 0.15) is 54.0 Å². The van der Waals surface area contributed by atoms with Crippen LogP contribution in [0.3, 0.4) is 0 Å². The van der Waals surface area contributed by atoms with Crippen molar-refractivity contribution in [3.05, 3.63) is 45.0 Å². The van der Waals surface area contributed by atoms with Gasteiger partial charge in [-0.1, -0.05) is 20.8 Å². The average molecular weight is 288 g/mol. The fourth-order valence-electron chi connectivity index (χ4n) is 2.09. The van der Waals surface area contributed by atoms with Gasteiger partial charge >= 0.3 is 0 Å². The molecule has 21 heavy (non-hydrogen) atoms. The Morgan fingerprint density at radius 2 is 2.10 bits per heavy atom. The zero-order valence-electron chi connectivity index (χ0n) is 12.7. The Morgan fingerprint density at radius 3 is 2.67 bits per heavy atom. The zero-order valence-corrected chi connectivity index (χ0v) is 12.7. The summed E-state index contributed by atoms with van der Waals surface area (Å²) in [5, 5.41) is 9.72. The van der Waals surface area contributed by atoms with E-state index >= 15 is 0 Å². The van der Waals surface area contributed by atoms with E-state index in [-0.39, 0.29) is 17.4 Å². The SMILES string of the molecule is CCc1[nH]nc(NC(=O)c2cc(C(C)C)[nH]c(=O)c2)c1C. The Kier molecular flexibility index (Phi) is 4.26. The predicted octanol–water partition coefficient (Wildman–Crippen LogP) is 2.34. The molecule has 0 unspecified atom stereocenters. The van der Waals surface area contributed by atoms with Gasteiger partial charge in [-0.05, 0) is 25.3 Å². The normalized spacial score (nSPS) is 10.9. The summed E-state index contributed by atoms with van der Waals surface area (Å²) in [6.07, 6.45) is 0.817. The van der Waals surface area contributed by atoms with Crippen molar-refractivity contribution in [1.29, 1.82) is 0 Å². The van der Waals surface area contributed by atoms with Crippen molar-refractivity contribution in [2.75, 3.05) is 5.32 Å². The number of nitrogens with one attached hydrogen (secondary N) is 3. The van der Waals surface area contributed by atoms with Crippen LogP contribution in [0.2, 0.25) is 0 Å². The predicted molar refractivity (Wildman–Crippen MR) is 81.8 cm³/mol. The molecular weight excluding hydrogens is 268 g/mol. The Balaban J connectivity index is 2.28. The molecular formula is C15H20N4O2. The maximum absolute atomic E-state index is 12.3. The van der Waals surface area contributed by atoms with Crippen LogP contribution >= 0.6 is 0 Å². The van der Waals surface area contributed by atoms with Crippen LogP contribution in [0, 0.1) is 6.92 Å². The largest absolute Gasteiger partial charge is 0.326 e. The van der Waals surface area contributed by atoms with Gasteiger partial charge in [0.15, 0.2) is 5.82 Å². The molecule has 112 valence electrons. The lowest BCUT2D eigenvalue weighted by atomic mass is 10.1. The second kappa shape index (κ2) is 5.95. The lowest BCUT2D eigenvalue weighted by molar-refractivity contribution is 0.102. The van der Waals surface area contributed by atoms with Crippen molar-refractivity contribution in [2.45, 2.75) is 40.0 Å². The van der Waals surface area contributed by atoms with E-state index in [1.807, 2.05) is 27.7 Å². The summed E-state index contributed by atoms with van der Waals surface area (Å²) in [5.74, 6) is 0.313. The number of carbonyl (C=O) groups is 1. The fourth-order valence-corrected chi connectivity index (χ4v) is 2.09. The molecule has 3 N–H and O–H groups in total. The third-order valence-electron chi connectivity index (χ3n) is 3.45. The highest BCUT2D eigenvalue weighted by atomic mass is 16.2. The molecule has 2 heterocycles. The molecule has 0 spiro atoms. The number of anilines is 1. The minimum Gasteiger partial charge on any atom is -0.326 e. The molecule has 0 saturated heterocycles. The van der Waals surface area contributed by atoms with Crippen LogP contribution in [0.4, 0.5) is 5.82 Å². The number of hydrogen-bond donors (Lipinski definition) is 3. The summed E-state index contributed by atoms with van der Waals surface area (Å²) in [7, 11) is 0. The molecule has 2 aromatic rings. The van der Waals surface area contributed by atoms with Crippen LogP contribution in [-0.2, 0) is 6.42 Å². The van der Waals surface area contributed by atoms with Crippen molar-refractivity contribution in [1.82, 2.24) is 15.2 Å². The topological polar surface area (TPSA) is 90.6 Å². The van der Waals surface area contributed by atoms with E-state index in [9.17, 15) is 9.59 Å². The Bertz CT molecular complexity index is 713. The Labute approximate surface area is 123 Å². The molecule has 6 nitrogen and oxygen atoms in total. The molecule has 2 rings (SSSR count). The molecule has 0 aliphatic carbocycles. The highest BCUT2D eigenvalue weighted by Crippen LogP contribution is 2.17. The lowest BCUT2D eigenvalue weighted by Gasteiger charge is -2.08. The molecule has 0 bridgehead atoms. The molecule has 0 aromatic carbocycles. The minimum absolute atomic E-state index is 0.143. The van der Waals surface area contributed by atoms with Crippen LogP contribution < -0.4 is 10.9 Å². The number of rotatable bonds is 4. The quantitative estimate of drug-likeness (QED) is 0.806. The highest BCUT2D eigenvalue weighted by Gasteiger charge is 2.14. The second-order valence-corrected chi connectivity index (χ2v) is 5.33. The van der Waals surface area contributed by atoms with Crippen LogP contribution in [0.5, 0.6) is 0 Å². The van der Waals surface area contributed by atoms with Crippen LogP contribution in [0.15, 0.2) is 16.9 Å². The van der Waals surface area contributed by atoms with Gasteiger partial charge in [0, 0.05) is 28.6 Å². The van der Waals surface area contributed by atoms with E-state index in [1.54, 1.807) is 6.07 Å². The zero-order chi connectivity index (χ0) is 15.6. The third-order valence-corrected chi connectivity index (χ3v) is 3.45. The summed E-state index contributed by atoms with van der Waals surface area (Å²) < 4.78 is 0. The highest BCUT2D eigenvalue weighted by molar-refractivity contribution is 6.04. The summed E-state index contributed by atoms with van der Waals surface area (Å²) >= 11 is 0. The minimum atomic E-state index is -0.333. The Morgan fingerprint density at radius 1 is 1.38 bits per heavy atom. The van der Waals surface area contributed by atoms with E-state index in [0.717, 1.165) is 23.4 Å². The Hall–Kier alpha value is -2.37. The summed E-state index contributed by atoms with van der Waals surface area (Å²) in [6.45, 7) is 7.82. The number of aromatic nitrogens is 3. The first-order valence-corrected chi connectivity index (χ1v) is 7.01. The number of aromatic amines is 2. The van der Waals surface area contributed by atoms with Gasteiger partial charge in [0.2, 0.25) is 5.56 Å². The van der Waals surface area contributed by atoms with E-state index in [1.165, 1.54) is 6.07 Å². The van der Waals surface area contributed by atoms with E-state index in [4.69, 9.17) is 0 Å². The molecule has 1 amide bonds.